The summed E-state index contributed by atoms with van der Waals surface area (Å²) in [6.07, 6.45) is 1.78. The first-order chi connectivity index (χ1) is 11.0. The average molecular weight is 325 g/mol. The number of hydrogen-bond acceptors (Lipinski definition) is 7. The summed E-state index contributed by atoms with van der Waals surface area (Å²) < 4.78 is 26.3. The van der Waals surface area contributed by atoms with Gasteiger partial charge in [-0.05, 0) is 6.92 Å². The Bertz CT molecular complexity index is 526. The first kappa shape index (κ1) is 18.5. The third-order valence-electron chi connectivity index (χ3n) is 2.79. The molecule has 0 aliphatic heterocycles. The minimum Gasteiger partial charge on any atom is -0.493 e. The van der Waals surface area contributed by atoms with Crippen LogP contribution in [-0.2, 0) is 9.53 Å². The zero-order valence-corrected chi connectivity index (χ0v) is 13.9. The van der Waals surface area contributed by atoms with Gasteiger partial charge in [0.05, 0.1) is 34.5 Å². The van der Waals surface area contributed by atoms with E-state index < -0.39 is 5.97 Å². The van der Waals surface area contributed by atoms with Crippen molar-refractivity contribution in [3.63, 3.8) is 0 Å². The van der Waals surface area contributed by atoms with Crippen LogP contribution >= 0.6 is 0 Å². The molecule has 0 aliphatic rings. The molecule has 0 spiro atoms. The lowest BCUT2D eigenvalue weighted by Crippen LogP contribution is -2.08. The molecule has 2 N–H and O–H groups in total. The molecule has 0 aliphatic carbocycles. The number of carbonyl (C=O) groups is 1. The predicted molar refractivity (Wildman–Crippen MR) is 85.1 cm³/mol. The van der Waals surface area contributed by atoms with E-state index in [1.54, 1.807) is 19.1 Å². The molecule has 0 saturated heterocycles. The smallest absolute Gasteiger partial charge is 0.332 e. The molecule has 0 bridgehead atoms. The number of allylic oxidation sites excluding steroid dienone is 1. The lowest BCUT2D eigenvalue weighted by Gasteiger charge is -2.14. The highest BCUT2D eigenvalue weighted by molar-refractivity contribution is 5.82. The molecular weight excluding hydrogens is 302 g/mol. The Kier molecular flexibility index (Phi) is 7.59. The van der Waals surface area contributed by atoms with Crippen LogP contribution in [0.25, 0.3) is 0 Å². The van der Waals surface area contributed by atoms with Gasteiger partial charge in [0.25, 0.3) is 0 Å². The molecule has 23 heavy (non-hydrogen) atoms. The molecule has 0 amide bonds. The number of nitrogens with two attached hydrogens (primary N) is 1. The van der Waals surface area contributed by atoms with E-state index in [0.717, 1.165) is 0 Å². The van der Waals surface area contributed by atoms with Crippen molar-refractivity contribution < 1.29 is 28.5 Å². The van der Waals surface area contributed by atoms with Gasteiger partial charge in [-0.1, -0.05) is 0 Å². The van der Waals surface area contributed by atoms with Crippen molar-refractivity contribution >= 4 is 5.97 Å². The van der Waals surface area contributed by atoms with Crippen molar-refractivity contribution in [2.24, 2.45) is 5.73 Å². The Morgan fingerprint density at radius 2 is 1.70 bits per heavy atom. The maximum Gasteiger partial charge on any atom is 0.332 e. The Hall–Kier alpha value is -2.57. The lowest BCUT2D eigenvalue weighted by molar-refractivity contribution is -0.138. The highest BCUT2D eigenvalue weighted by atomic mass is 16.5. The van der Waals surface area contributed by atoms with Crippen LogP contribution < -0.4 is 24.7 Å². The molecular formula is C16H23NO6. The Balaban J connectivity index is 2.52. The van der Waals surface area contributed by atoms with Crippen LogP contribution in [0.1, 0.15) is 13.3 Å². The highest BCUT2D eigenvalue weighted by Crippen LogP contribution is 2.40. The van der Waals surface area contributed by atoms with Gasteiger partial charge in [0.15, 0.2) is 11.5 Å². The van der Waals surface area contributed by atoms with Crippen molar-refractivity contribution in [3.05, 3.63) is 23.9 Å². The SMILES string of the molecule is COc1cc(OCCCOC(=O)/C=C(\C)N)cc(OC)c1OC. The summed E-state index contributed by atoms with van der Waals surface area (Å²) in [5.41, 5.74) is 5.79. The minimum absolute atomic E-state index is 0.243. The summed E-state index contributed by atoms with van der Waals surface area (Å²) in [5.74, 6) is 1.63. The maximum absolute atomic E-state index is 11.3. The molecule has 0 fully saturated rings. The van der Waals surface area contributed by atoms with Gasteiger partial charge in [-0.15, -0.1) is 0 Å². The molecule has 1 aromatic carbocycles. The second-order valence-corrected chi connectivity index (χ2v) is 4.62. The molecule has 1 rings (SSSR count). The minimum atomic E-state index is -0.460. The molecule has 0 saturated carbocycles. The van der Waals surface area contributed by atoms with Gasteiger partial charge in [-0.3, -0.25) is 0 Å². The van der Waals surface area contributed by atoms with Gasteiger partial charge in [-0.2, -0.15) is 0 Å². The van der Waals surface area contributed by atoms with Gasteiger partial charge < -0.3 is 29.4 Å². The molecule has 0 aromatic heterocycles. The lowest BCUT2D eigenvalue weighted by atomic mass is 10.2. The molecule has 0 heterocycles. The fraction of sp³-hybridized carbons (Fsp3) is 0.438. The monoisotopic (exact) mass is 325 g/mol. The van der Waals surface area contributed by atoms with E-state index in [-0.39, 0.29) is 6.61 Å². The zero-order valence-electron chi connectivity index (χ0n) is 13.9. The Morgan fingerprint density at radius 3 is 2.17 bits per heavy atom. The summed E-state index contributed by atoms with van der Waals surface area (Å²) in [6, 6.07) is 3.40. The number of ether oxygens (including phenoxy) is 5. The number of rotatable bonds is 9. The van der Waals surface area contributed by atoms with Crippen LogP contribution in [0.5, 0.6) is 23.0 Å². The summed E-state index contributed by atoms with van der Waals surface area (Å²) in [4.78, 5) is 11.3. The number of hydrogen-bond donors (Lipinski definition) is 1. The van der Waals surface area contributed by atoms with Crippen LogP contribution in [0, 0.1) is 0 Å². The van der Waals surface area contributed by atoms with Crippen molar-refractivity contribution in [2.75, 3.05) is 34.5 Å². The van der Waals surface area contributed by atoms with Gasteiger partial charge in [0.1, 0.15) is 5.75 Å². The van der Waals surface area contributed by atoms with Crippen molar-refractivity contribution in [1.29, 1.82) is 0 Å². The van der Waals surface area contributed by atoms with Crippen molar-refractivity contribution in [1.82, 2.24) is 0 Å². The van der Waals surface area contributed by atoms with E-state index in [9.17, 15) is 4.79 Å². The van der Waals surface area contributed by atoms with Gasteiger partial charge in [-0.25, -0.2) is 4.79 Å². The van der Waals surface area contributed by atoms with Crippen LogP contribution in [0.3, 0.4) is 0 Å². The van der Waals surface area contributed by atoms with Crippen LogP contribution in [0.15, 0.2) is 23.9 Å². The number of carbonyl (C=O) groups excluding carboxylic acids is 1. The molecule has 1 aromatic rings. The van der Waals surface area contributed by atoms with Crippen LogP contribution in [0.4, 0.5) is 0 Å². The largest absolute Gasteiger partial charge is 0.493 e. The Morgan fingerprint density at radius 1 is 1.09 bits per heavy atom. The molecule has 0 radical (unpaired) electrons. The van der Waals surface area contributed by atoms with Crippen LogP contribution in [-0.4, -0.2) is 40.5 Å². The quantitative estimate of drug-likeness (QED) is 0.421. The first-order valence-electron chi connectivity index (χ1n) is 7.05. The fourth-order valence-electron chi connectivity index (χ4n) is 1.79. The zero-order chi connectivity index (χ0) is 17.2. The second kappa shape index (κ2) is 9.45. The van der Waals surface area contributed by atoms with Gasteiger partial charge >= 0.3 is 5.97 Å². The summed E-state index contributed by atoms with van der Waals surface area (Å²) in [7, 11) is 4.60. The maximum atomic E-state index is 11.3. The third-order valence-corrected chi connectivity index (χ3v) is 2.79. The van der Waals surface area contributed by atoms with E-state index in [0.29, 0.717) is 41.7 Å². The molecule has 7 heteroatoms. The van der Waals surface area contributed by atoms with E-state index in [1.165, 1.54) is 27.4 Å². The van der Waals surface area contributed by atoms with E-state index in [4.69, 9.17) is 29.4 Å². The second-order valence-electron chi connectivity index (χ2n) is 4.62. The molecule has 0 atom stereocenters. The van der Waals surface area contributed by atoms with Gasteiger partial charge in [0, 0.05) is 30.3 Å². The van der Waals surface area contributed by atoms with Crippen molar-refractivity contribution in [3.8, 4) is 23.0 Å². The molecule has 7 nitrogen and oxygen atoms in total. The number of benzene rings is 1. The van der Waals surface area contributed by atoms with E-state index in [1.807, 2.05) is 0 Å². The predicted octanol–water partition coefficient (Wildman–Crippen LogP) is 1.89. The fourth-order valence-corrected chi connectivity index (χ4v) is 1.79. The summed E-state index contributed by atoms with van der Waals surface area (Å²) in [5, 5.41) is 0. The highest BCUT2D eigenvalue weighted by Gasteiger charge is 2.13. The first-order valence-corrected chi connectivity index (χ1v) is 7.05. The van der Waals surface area contributed by atoms with Gasteiger partial charge in [0.2, 0.25) is 5.75 Å². The summed E-state index contributed by atoms with van der Waals surface area (Å²) in [6.45, 7) is 2.24. The summed E-state index contributed by atoms with van der Waals surface area (Å²) >= 11 is 0. The normalized spacial score (nSPS) is 10.9. The Labute approximate surface area is 135 Å². The number of esters is 1. The van der Waals surface area contributed by atoms with Crippen LogP contribution in [0.2, 0.25) is 0 Å². The van der Waals surface area contributed by atoms with Crippen molar-refractivity contribution in [2.45, 2.75) is 13.3 Å². The standard InChI is InChI=1S/C16H23NO6/c1-11(17)8-15(18)23-7-5-6-22-12-9-13(19-2)16(21-4)14(10-12)20-3/h8-10H,5-7,17H2,1-4H3/b11-8+. The molecule has 128 valence electrons. The number of methoxy groups -OCH3 is 3. The topological polar surface area (TPSA) is 89.2 Å². The average Bonchev–Trinajstić information content (AvgIpc) is 2.52. The van der Waals surface area contributed by atoms with E-state index in [2.05, 4.69) is 0 Å². The molecule has 0 unspecified atom stereocenters. The van der Waals surface area contributed by atoms with E-state index >= 15 is 0 Å². The third kappa shape index (κ3) is 5.98.